The monoisotopic (exact) mass is 526 g/mol. The van der Waals surface area contributed by atoms with Crippen molar-refractivity contribution < 1.29 is 32.9 Å². The van der Waals surface area contributed by atoms with E-state index in [0.717, 1.165) is 5.56 Å². The van der Waals surface area contributed by atoms with Crippen LogP contribution in [0.25, 0.3) is 33.1 Å². The zero-order chi connectivity index (χ0) is 27.4. The third kappa shape index (κ3) is 3.82. The lowest BCUT2D eigenvalue weighted by Gasteiger charge is -2.25. The van der Waals surface area contributed by atoms with Crippen LogP contribution in [0, 0.1) is 6.92 Å². The third-order valence-corrected chi connectivity index (χ3v) is 7.00. The summed E-state index contributed by atoms with van der Waals surface area (Å²) >= 11 is 0. The first kappa shape index (κ1) is 24.3. The minimum absolute atomic E-state index is 0.00649. The van der Waals surface area contributed by atoms with Gasteiger partial charge in [-0.2, -0.15) is 0 Å². The topological polar surface area (TPSA) is 125 Å². The van der Waals surface area contributed by atoms with Crippen molar-refractivity contribution in [2.24, 2.45) is 0 Å². The first-order valence-electron chi connectivity index (χ1n) is 12.1. The molecule has 0 saturated carbocycles. The number of hydrogen-bond donors (Lipinski definition) is 1. The van der Waals surface area contributed by atoms with Crippen LogP contribution in [0.15, 0.2) is 73.4 Å². The van der Waals surface area contributed by atoms with E-state index in [1.807, 2.05) is 13.0 Å². The zero-order valence-corrected chi connectivity index (χ0v) is 21.2. The molecule has 0 bridgehead atoms. The Balaban J connectivity index is 1.59. The van der Waals surface area contributed by atoms with Gasteiger partial charge in [0, 0.05) is 23.1 Å². The number of fused-ring (bicyclic) bond motifs is 4. The molecule has 0 fully saturated rings. The molecule has 1 aliphatic heterocycles. The number of rotatable bonds is 4. The largest absolute Gasteiger partial charge is 0.507 e. The van der Waals surface area contributed by atoms with Crippen molar-refractivity contribution in [2.45, 2.75) is 19.3 Å². The van der Waals surface area contributed by atoms with Gasteiger partial charge < -0.3 is 28.2 Å². The lowest BCUT2D eigenvalue weighted by atomic mass is 9.85. The fourth-order valence-corrected chi connectivity index (χ4v) is 5.10. The molecule has 0 saturated heterocycles. The van der Waals surface area contributed by atoms with E-state index in [4.69, 9.17) is 23.0 Å². The molecule has 9 nitrogen and oxygen atoms in total. The molecule has 1 atom stereocenters. The molecule has 39 heavy (non-hydrogen) atoms. The van der Waals surface area contributed by atoms with Crippen LogP contribution in [0.3, 0.4) is 0 Å². The summed E-state index contributed by atoms with van der Waals surface area (Å²) in [6, 6.07) is 11.4. The van der Waals surface area contributed by atoms with E-state index in [9.17, 15) is 19.5 Å². The van der Waals surface area contributed by atoms with Crippen molar-refractivity contribution in [3.63, 3.8) is 0 Å². The summed E-state index contributed by atoms with van der Waals surface area (Å²) < 4.78 is 27.7. The molecule has 0 radical (unpaired) electrons. The molecular formula is C30H22O9. The van der Waals surface area contributed by atoms with Crippen LogP contribution in [0.5, 0.6) is 23.0 Å². The van der Waals surface area contributed by atoms with Crippen molar-refractivity contribution >= 4 is 27.9 Å². The quantitative estimate of drug-likeness (QED) is 0.253. The second-order valence-electron chi connectivity index (χ2n) is 9.31. The summed E-state index contributed by atoms with van der Waals surface area (Å²) in [4.78, 5) is 39.8. The highest BCUT2D eigenvalue weighted by Crippen LogP contribution is 2.45. The SMILES string of the molecule is COc1ccc(-c2coc3c4c(cc(O)c3c2=O)OC(=O)CC4c2coc3ccc(C)cc3c2=O)cc1OC. The first-order chi connectivity index (χ1) is 18.8. The summed E-state index contributed by atoms with van der Waals surface area (Å²) in [5.74, 6) is -0.951. The molecule has 1 N–H and O–H groups in total. The fourth-order valence-electron chi connectivity index (χ4n) is 5.10. The average Bonchev–Trinajstić information content (AvgIpc) is 2.92. The number of hydrogen-bond acceptors (Lipinski definition) is 9. The second kappa shape index (κ2) is 9.05. The van der Waals surface area contributed by atoms with Gasteiger partial charge in [-0.05, 0) is 36.8 Å². The molecule has 3 aromatic carbocycles. The molecule has 0 amide bonds. The Morgan fingerprint density at radius 3 is 2.46 bits per heavy atom. The van der Waals surface area contributed by atoms with Gasteiger partial charge in [-0.1, -0.05) is 17.7 Å². The Morgan fingerprint density at radius 1 is 0.897 bits per heavy atom. The average molecular weight is 526 g/mol. The van der Waals surface area contributed by atoms with E-state index in [2.05, 4.69) is 0 Å². The maximum absolute atomic E-state index is 13.7. The molecule has 1 unspecified atom stereocenters. The van der Waals surface area contributed by atoms with Gasteiger partial charge in [0.2, 0.25) is 5.43 Å². The van der Waals surface area contributed by atoms with E-state index in [1.165, 1.54) is 32.8 Å². The number of aryl methyl sites for hydroxylation is 1. The van der Waals surface area contributed by atoms with Crippen LogP contribution in [0.1, 0.15) is 29.0 Å². The summed E-state index contributed by atoms with van der Waals surface area (Å²) in [5, 5.41) is 11.1. The van der Waals surface area contributed by atoms with Crippen LogP contribution in [-0.2, 0) is 4.79 Å². The smallest absolute Gasteiger partial charge is 0.312 e. The minimum atomic E-state index is -0.833. The molecule has 9 heteroatoms. The van der Waals surface area contributed by atoms with Gasteiger partial charge in [0.1, 0.15) is 34.3 Å². The van der Waals surface area contributed by atoms with Gasteiger partial charge in [-0.25, -0.2) is 0 Å². The van der Waals surface area contributed by atoms with Crippen molar-refractivity contribution in [3.8, 4) is 34.1 Å². The number of ether oxygens (including phenoxy) is 3. The molecule has 0 spiro atoms. The third-order valence-electron chi connectivity index (χ3n) is 7.00. The molecular weight excluding hydrogens is 504 g/mol. The Bertz CT molecular complexity index is 1930. The normalized spacial score (nSPS) is 14.7. The second-order valence-corrected chi connectivity index (χ2v) is 9.31. The van der Waals surface area contributed by atoms with Gasteiger partial charge in [-0.15, -0.1) is 0 Å². The number of carbonyl (C=O) groups excluding carboxylic acids is 1. The van der Waals surface area contributed by atoms with Gasteiger partial charge in [0.05, 0.1) is 37.9 Å². The fraction of sp³-hybridized carbons (Fsp3) is 0.167. The number of aromatic hydroxyl groups is 1. The number of esters is 1. The molecule has 1 aliphatic rings. The van der Waals surface area contributed by atoms with Gasteiger partial charge >= 0.3 is 5.97 Å². The van der Waals surface area contributed by atoms with Crippen LogP contribution in [-0.4, -0.2) is 25.3 Å². The van der Waals surface area contributed by atoms with Crippen molar-refractivity contribution in [3.05, 3.63) is 92.1 Å². The van der Waals surface area contributed by atoms with Crippen LogP contribution in [0.4, 0.5) is 0 Å². The highest BCUT2D eigenvalue weighted by atomic mass is 16.5. The Morgan fingerprint density at radius 2 is 1.69 bits per heavy atom. The van der Waals surface area contributed by atoms with Crippen molar-refractivity contribution in [1.82, 2.24) is 0 Å². The van der Waals surface area contributed by atoms with Crippen LogP contribution >= 0.6 is 0 Å². The maximum atomic E-state index is 13.7. The number of carbonyl (C=O) groups is 1. The van der Waals surface area contributed by atoms with Gasteiger partial charge in [0.25, 0.3) is 0 Å². The lowest BCUT2D eigenvalue weighted by Crippen LogP contribution is -2.25. The molecule has 2 aromatic heterocycles. The van der Waals surface area contributed by atoms with Crippen molar-refractivity contribution in [2.75, 3.05) is 14.2 Å². The summed E-state index contributed by atoms with van der Waals surface area (Å²) in [6.45, 7) is 1.86. The Kier molecular flexibility index (Phi) is 5.64. The summed E-state index contributed by atoms with van der Waals surface area (Å²) in [7, 11) is 2.98. The van der Waals surface area contributed by atoms with Crippen molar-refractivity contribution in [1.29, 1.82) is 0 Å². The predicted octanol–water partition coefficient (Wildman–Crippen LogP) is 5.04. The van der Waals surface area contributed by atoms with Gasteiger partial charge in [-0.3, -0.25) is 14.4 Å². The number of phenols is 1. The van der Waals surface area contributed by atoms with E-state index in [1.54, 1.807) is 30.3 Å². The standard InChI is InChI=1S/C30H22O9/c1-14-4-6-21-17(8-14)28(33)19(13-37-21)16-10-25(32)39-24-11-20(31)27-29(34)18(12-38-30(27)26(16)24)15-5-7-22(35-2)23(9-15)36-3/h4-9,11-13,16,31H,10H2,1-3H3. The summed E-state index contributed by atoms with van der Waals surface area (Å²) in [6.07, 6.45) is 2.41. The Hall–Kier alpha value is -5.05. The van der Waals surface area contributed by atoms with E-state index in [-0.39, 0.29) is 39.7 Å². The molecule has 6 rings (SSSR count). The zero-order valence-electron chi connectivity index (χ0n) is 21.2. The number of phenolic OH excluding ortho intramolecular Hbond substituents is 1. The first-order valence-corrected chi connectivity index (χ1v) is 12.1. The van der Waals surface area contributed by atoms with E-state index < -0.39 is 23.1 Å². The maximum Gasteiger partial charge on any atom is 0.312 e. The Labute approximate surface area is 220 Å². The molecule has 3 heterocycles. The molecule has 5 aromatic rings. The summed E-state index contributed by atoms with van der Waals surface area (Å²) in [5.41, 5.74) is 1.64. The predicted molar refractivity (Wildman–Crippen MR) is 142 cm³/mol. The highest BCUT2D eigenvalue weighted by molar-refractivity contribution is 5.94. The lowest BCUT2D eigenvalue weighted by molar-refractivity contribution is -0.135. The molecule has 0 aliphatic carbocycles. The van der Waals surface area contributed by atoms with E-state index in [0.29, 0.717) is 33.6 Å². The van der Waals surface area contributed by atoms with Crippen LogP contribution < -0.4 is 25.1 Å². The number of methoxy groups -OCH3 is 2. The number of benzene rings is 3. The van der Waals surface area contributed by atoms with Crippen LogP contribution in [0.2, 0.25) is 0 Å². The minimum Gasteiger partial charge on any atom is -0.507 e. The molecule has 196 valence electrons. The van der Waals surface area contributed by atoms with Gasteiger partial charge in [0.15, 0.2) is 16.9 Å². The highest BCUT2D eigenvalue weighted by Gasteiger charge is 2.35. The van der Waals surface area contributed by atoms with E-state index >= 15 is 0 Å².